The van der Waals surface area contributed by atoms with Crippen molar-refractivity contribution in [1.29, 1.82) is 0 Å². The Morgan fingerprint density at radius 2 is 1.73 bits per heavy atom. The second-order valence-corrected chi connectivity index (χ2v) is 9.28. The fourth-order valence-corrected chi connectivity index (χ4v) is 4.80. The van der Waals surface area contributed by atoms with Gasteiger partial charge < -0.3 is 23.7 Å². The molecular formula is C24H25ClN2O10. The lowest BCUT2D eigenvalue weighted by Gasteiger charge is -2.17. The molecule has 0 saturated carbocycles. The van der Waals surface area contributed by atoms with E-state index in [-0.39, 0.29) is 38.8 Å². The van der Waals surface area contributed by atoms with Gasteiger partial charge in [0.2, 0.25) is 0 Å². The lowest BCUT2D eigenvalue weighted by atomic mass is 10.0. The monoisotopic (exact) mass is 536 g/mol. The van der Waals surface area contributed by atoms with Crippen LogP contribution in [0.1, 0.15) is 41.3 Å². The van der Waals surface area contributed by atoms with Crippen molar-refractivity contribution in [3.8, 4) is 5.75 Å². The summed E-state index contributed by atoms with van der Waals surface area (Å²) in [6, 6.07) is 7.30. The number of aromatic nitrogens is 1. The zero-order valence-corrected chi connectivity index (χ0v) is 20.5. The van der Waals surface area contributed by atoms with Crippen molar-refractivity contribution in [1.82, 2.24) is 10.4 Å². The molecular weight excluding hydrogens is 512 g/mol. The first-order chi connectivity index (χ1) is 17.8. The molecule has 198 valence electrons. The van der Waals surface area contributed by atoms with Crippen LogP contribution in [0.2, 0.25) is 5.02 Å². The molecule has 0 amide bonds. The van der Waals surface area contributed by atoms with Crippen LogP contribution in [0.25, 0.3) is 0 Å². The van der Waals surface area contributed by atoms with Crippen LogP contribution in [0.5, 0.6) is 5.75 Å². The summed E-state index contributed by atoms with van der Waals surface area (Å²) in [5.41, 5.74) is 2.97. The molecule has 2 N–H and O–H groups in total. The first-order valence-corrected chi connectivity index (χ1v) is 12.0. The molecule has 3 aliphatic rings. The van der Waals surface area contributed by atoms with Crippen LogP contribution < -0.4 is 4.74 Å². The van der Waals surface area contributed by atoms with Crippen molar-refractivity contribution in [2.75, 3.05) is 13.2 Å². The maximum atomic E-state index is 12.6. The van der Waals surface area contributed by atoms with Crippen LogP contribution in [0, 0.1) is 6.92 Å². The molecule has 5 atom stereocenters. The second-order valence-electron chi connectivity index (χ2n) is 8.84. The van der Waals surface area contributed by atoms with Crippen LogP contribution in [0.15, 0.2) is 30.5 Å². The summed E-state index contributed by atoms with van der Waals surface area (Å²) in [4.78, 5) is 34.1. The number of rotatable bonds is 8. The van der Waals surface area contributed by atoms with Gasteiger partial charge in [-0.25, -0.2) is 4.84 Å². The van der Waals surface area contributed by atoms with Crippen LogP contribution >= 0.6 is 11.6 Å². The Morgan fingerprint density at radius 3 is 2.46 bits per heavy atom. The number of hydrogen-bond acceptors (Lipinski definition) is 12. The van der Waals surface area contributed by atoms with Gasteiger partial charge in [0.05, 0.1) is 43.7 Å². The van der Waals surface area contributed by atoms with Crippen molar-refractivity contribution in [2.24, 2.45) is 0 Å². The van der Waals surface area contributed by atoms with Gasteiger partial charge in [0.15, 0.2) is 11.9 Å². The van der Waals surface area contributed by atoms with Gasteiger partial charge in [0.1, 0.15) is 24.4 Å². The number of halogens is 1. The Balaban J connectivity index is 1.15. The molecule has 0 aliphatic carbocycles. The van der Waals surface area contributed by atoms with Crippen LogP contribution in [0.3, 0.4) is 0 Å². The minimum Gasteiger partial charge on any atom is -0.457 e. The van der Waals surface area contributed by atoms with Crippen molar-refractivity contribution < 1.29 is 48.5 Å². The quantitative estimate of drug-likeness (QED) is 0.377. The highest BCUT2D eigenvalue weighted by Crippen LogP contribution is 2.41. The number of ether oxygens (including phenoxy) is 5. The summed E-state index contributed by atoms with van der Waals surface area (Å²) < 4.78 is 28.0. The Morgan fingerprint density at radius 1 is 1.05 bits per heavy atom. The van der Waals surface area contributed by atoms with Crippen LogP contribution in [-0.4, -0.2) is 70.4 Å². The molecule has 2 fully saturated rings. The van der Waals surface area contributed by atoms with E-state index in [9.17, 15) is 9.59 Å². The third-order valence-electron chi connectivity index (χ3n) is 6.42. The van der Waals surface area contributed by atoms with Gasteiger partial charge in [-0.2, -0.15) is 0 Å². The predicted octanol–water partition coefficient (Wildman–Crippen LogP) is 2.44. The predicted molar refractivity (Wildman–Crippen MR) is 122 cm³/mol. The average molecular weight is 537 g/mol. The van der Waals surface area contributed by atoms with Gasteiger partial charge in [-0.05, 0) is 24.6 Å². The second kappa shape index (κ2) is 11.0. The highest BCUT2D eigenvalue weighted by Gasteiger charge is 2.51. The van der Waals surface area contributed by atoms with Gasteiger partial charge >= 0.3 is 11.9 Å². The van der Waals surface area contributed by atoms with E-state index in [0.717, 1.165) is 16.7 Å². The first kappa shape index (κ1) is 25.9. The average Bonchev–Trinajstić information content (AvgIpc) is 3.57. The standard InChI is InChI=1S/C24H25ClN2O10/c1-12-21(16-9-32-22(15(16)8-26-12)13-2-4-14(25)5-3-13)36-20(29)7-6-19(28)35-17-10-33-24-18(37-27(30)31)11-34-23(17)24/h2-5,8,17-18,22-24,30-31H,6-7,9-11H2,1H3/t17-,18+,22-,23+,24+/m0/s1. The summed E-state index contributed by atoms with van der Waals surface area (Å²) in [5.74, 6) is -0.904. The summed E-state index contributed by atoms with van der Waals surface area (Å²) in [7, 11) is 0. The van der Waals surface area contributed by atoms with E-state index in [1.54, 1.807) is 25.3 Å². The van der Waals surface area contributed by atoms with Crippen molar-refractivity contribution in [3.05, 3.63) is 57.9 Å². The normalized spacial score (nSPS) is 26.2. The molecule has 4 heterocycles. The van der Waals surface area contributed by atoms with E-state index in [4.69, 9.17) is 50.5 Å². The van der Waals surface area contributed by atoms with E-state index in [1.807, 2.05) is 12.1 Å². The van der Waals surface area contributed by atoms with E-state index in [2.05, 4.69) is 4.98 Å². The summed E-state index contributed by atoms with van der Waals surface area (Å²) in [6.45, 7) is 2.06. The number of fused-ring (bicyclic) bond motifs is 2. The number of benzene rings is 1. The Bertz CT molecular complexity index is 1160. The smallest absolute Gasteiger partial charge is 0.311 e. The molecule has 0 unspecified atom stereocenters. The van der Waals surface area contributed by atoms with Gasteiger partial charge in [-0.1, -0.05) is 23.7 Å². The van der Waals surface area contributed by atoms with E-state index < -0.39 is 41.7 Å². The minimum atomic E-state index is -0.758. The molecule has 1 aromatic carbocycles. The molecule has 2 aromatic rings. The van der Waals surface area contributed by atoms with Crippen molar-refractivity contribution in [2.45, 2.75) is 56.9 Å². The lowest BCUT2D eigenvalue weighted by Crippen LogP contribution is -2.37. The molecule has 1 aromatic heterocycles. The number of hydrogen-bond donors (Lipinski definition) is 2. The van der Waals surface area contributed by atoms with Gasteiger partial charge in [-0.3, -0.25) is 25.0 Å². The number of aryl methyl sites for hydroxylation is 1. The molecule has 0 spiro atoms. The fraction of sp³-hybridized carbons (Fsp3) is 0.458. The van der Waals surface area contributed by atoms with Gasteiger partial charge in [-0.15, -0.1) is 0 Å². The number of pyridine rings is 1. The number of carbonyl (C=O) groups excluding carboxylic acids is 2. The fourth-order valence-electron chi connectivity index (χ4n) is 4.67. The van der Waals surface area contributed by atoms with Crippen molar-refractivity contribution in [3.63, 3.8) is 0 Å². The largest absolute Gasteiger partial charge is 0.457 e. The van der Waals surface area contributed by atoms with Crippen LogP contribution in [-0.2, 0) is 40.0 Å². The summed E-state index contributed by atoms with van der Waals surface area (Å²) >= 11 is 5.99. The number of nitrogens with zero attached hydrogens (tertiary/aromatic N) is 2. The Hall–Kier alpha value is -2.68. The summed E-state index contributed by atoms with van der Waals surface area (Å²) in [6.07, 6.45) is -1.77. The molecule has 37 heavy (non-hydrogen) atoms. The lowest BCUT2D eigenvalue weighted by molar-refractivity contribution is -0.507. The molecule has 12 nitrogen and oxygen atoms in total. The highest BCUT2D eigenvalue weighted by atomic mass is 35.5. The van der Waals surface area contributed by atoms with Gasteiger partial charge in [0.25, 0.3) is 0 Å². The van der Waals surface area contributed by atoms with E-state index >= 15 is 0 Å². The number of carbonyl (C=O) groups is 2. The molecule has 2 saturated heterocycles. The molecule has 0 radical (unpaired) electrons. The molecule has 13 heteroatoms. The maximum absolute atomic E-state index is 12.6. The van der Waals surface area contributed by atoms with Crippen molar-refractivity contribution >= 4 is 23.5 Å². The molecule has 0 bridgehead atoms. The Labute approximate surface area is 216 Å². The number of esters is 2. The topological polar surface area (TPSA) is 146 Å². The van der Waals surface area contributed by atoms with Crippen LogP contribution in [0.4, 0.5) is 0 Å². The molecule has 3 aliphatic heterocycles. The maximum Gasteiger partial charge on any atom is 0.311 e. The Kier molecular flexibility index (Phi) is 7.70. The minimum absolute atomic E-state index is 0.0324. The zero-order valence-electron chi connectivity index (χ0n) is 19.7. The zero-order chi connectivity index (χ0) is 26.1. The summed E-state index contributed by atoms with van der Waals surface area (Å²) in [5, 5.41) is 17.9. The van der Waals surface area contributed by atoms with E-state index in [0.29, 0.717) is 16.5 Å². The van der Waals surface area contributed by atoms with E-state index in [1.165, 1.54) is 0 Å². The molecule has 5 rings (SSSR count). The first-order valence-electron chi connectivity index (χ1n) is 11.6. The third kappa shape index (κ3) is 5.61. The SMILES string of the molecule is Cc1ncc2c(c1OC(=O)CCC(=O)O[C@H]1CO[C@H]3[C@@H]1OC[C@H]3ON(O)O)CO[C@H]2c1ccc(Cl)cc1. The third-order valence-corrected chi connectivity index (χ3v) is 6.67. The highest BCUT2D eigenvalue weighted by molar-refractivity contribution is 6.30. The van der Waals surface area contributed by atoms with Gasteiger partial charge in [0, 0.05) is 22.3 Å².